The van der Waals surface area contributed by atoms with Gasteiger partial charge in [0.25, 0.3) is 11.4 Å². The van der Waals surface area contributed by atoms with E-state index in [-0.39, 0.29) is 11.4 Å². The summed E-state index contributed by atoms with van der Waals surface area (Å²) >= 11 is 2.28. The summed E-state index contributed by atoms with van der Waals surface area (Å²) < 4.78 is 3.29. The van der Waals surface area contributed by atoms with Crippen LogP contribution in [-0.4, -0.2) is 34.3 Å². The lowest BCUT2D eigenvalue weighted by Crippen LogP contribution is -1.97. The Bertz CT molecular complexity index is 2290. The van der Waals surface area contributed by atoms with E-state index >= 15 is 0 Å². The highest BCUT2D eigenvalue weighted by molar-refractivity contribution is 14.1. The summed E-state index contributed by atoms with van der Waals surface area (Å²) in [6.45, 7) is 0. The molecule has 1 aliphatic carbocycles. The molecule has 0 saturated heterocycles. The van der Waals surface area contributed by atoms with Gasteiger partial charge in [-0.25, -0.2) is 0 Å². The smallest absolute Gasteiger partial charge is 0.280 e. The van der Waals surface area contributed by atoms with Gasteiger partial charge in [-0.1, -0.05) is 48.6 Å². The van der Waals surface area contributed by atoms with Crippen LogP contribution < -0.4 is 0 Å². The van der Waals surface area contributed by atoms with E-state index in [1.165, 1.54) is 40.5 Å². The molecule has 1 aliphatic rings. The Morgan fingerprint density at radius 2 is 1.20 bits per heavy atom. The fourth-order valence-corrected chi connectivity index (χ4v) is 5.84. The molecule has 11 nitrogen and oxygen atoms in total. The van der Waals surface area contributed by atoms with Crippen LogP contribution in [0.1, 0.15) is 11.1 Å². The molecule has 12 heteroatoms. The van der Waals surface area contributed by atoms with Crippen LogP contribution in [0.4, 0.5) is 11.4 Å². The Hall–Kier alpha value is -6.15. The summed E-state index contributed by atoms with van der Waals surface area (Å²) in [5.74, 6) is 0. The second kappa shape index (κ2) is 15.2. The van der Waals surface area contributed by atoms with Crippen LogP contribution in [-0.2, 0) is 6.42 Å². The predicted octanol–water partition coefficient (Wildman–Crippen LogP) is 8.91. The highest BCUT2D eigenvalue weighted by Crippen LogP contribution is 2.36. The van der Waals surface area contributed by atoms with E-state index in [1.807, 2.05) is 77.5 Å². The van der Waals surface area contributed by atoms with Gasteiger partial charge in [0.15, 0.2) is 0 Å². The number of halogens is 1. The second-order valence-electron chi connectivity index (χ2n) is 10.6. The van der Waals surface area contributed by atoms with Gasteiger partial charge >= 0.3 is 0 Å². The van der Waals surface area contributed by atoms with Crippen molar-refractivity contribution in [1.82, 2.24) is 24.5 Å². The van der Waals surface area contributed by atoms with Gasteiger partial charge in [-0.3, -0.25) is 40.2 Å². The third-order valence-electron chi connectivity index (χ3n) is 7.64. The molecule has 0 fully saturated rings. The van der Waals surface area contributed by atoms with Crippen molar-refractivity contribution >= 4 is 50.9 Å². The van der Waals surface area contributed by atoms with E-state index < -0.39 is 9.85 Å². The first-order valence-corrected chi connectivity index (χ1v) is 16.0. The minimum absolute atomic E-state index is 0.0140. The SMILES string of the molecule is Ic1ccccc1.O=[N+]([O-])c1ccncc1-c1cncc2c1CC=C2.O=[N+]([O-])c1ccncc1-c1cncc2ccn(-c3ccccc3)c12. The molecule has 0 saturated carbocycles. The van der Waals surface area contributed by atoms with Gasteiger partial charge in [0.05, 0.1) is 26.5 Å². The lowest BCUT2D eigenvalue weighted by atomic mass is 9.99. The van der Waals surface area contributed by atoms with Gasteiger partial charge in [-0.15, -0.1) is 0 Å². The van der Waals surface area contributed by atoms with Gasteiger partial charge in [0, 0.05) is 93.7 Å². The molecule has 5 heterocycles. The molecule has 0 aliphatic heterocycles. The topological polar surface area (TPSA) is 143 Å². The Balaban J connectivity index is 0.000000146. The van der Waals surface area contributed by atoms with Gasteiger partial charge in [-0.05, 0) is 70.5 Å². The molecule has 0 spiro atoms. The van der Waals surface area contributed by atoms with Crippen molar-refractivity contribution in [2.45, 2.75) is 6.42 Å². The molecule has 0 amide bonds. The van der Waals surface area contributed by atoms with Crippen molar-refractivity contribution in [3.05, 3.63) is 176 Å². The fourth-order valence-electron chi connectivity index (χ4n) is 5.42. The molecular weight excluding hydrogens is 733 g/mol. The highest BCUT2D eigenvalue weighted by Gasteiger charge is 2.21. The Morgan fingerprint density at radius 3 is 1.82 bits per heavy atom. The molecule has 0 atom stereocenters. The van der Waals surface area contributed by atoms with Crippen molar-refractivity contribution < 1.29 is 9.85 Å². The number of rotatable bonds is 5. The highest BCUT2D eigenvalue weighted by atomic mass is 127. The standard InChI is InChI=1S/C18H12N4O2.C13H9N3O2.C6H5I/c23-22(24)17-6-8-19-11-15(17)16-12-20-10-13-7-9-21(18(13)16)14-4-2-1-3-5-14;17-16(18)13-4-5-14-8-12(13)11-7-15-6-9-2-1-3-10(9)11;7-6-4-2-1-3-5-6/h1-12H;1-2,4-8H,3H2;1-5H. The van der Waals surface area contributed by atoms with Crippen molar-refractivity contribution in [3.8, 4) is 27.9 Å². The van der Waals surface area contributed by atoms with Crippen molar-refractivity contribution in [1.29, 1.82) is 0 Å². The minimum Gasteiger partial charge on any atom is -0.316 e. The van der Waals surface area contributed by atoms with E-state index in [0.29, 0.717) is 16.7 Å². The zero-order valence-electron chi connectivity index (χ0n) is 25.7. The maximum atomic E-state index is 11.4. The lowest BCUT2D eigenvalue weighted by molar-refractivity contribution is -0.384. The van der Waals surface area contributed by atoms with Crippen LogP contribution in [0, 0.1) is 23.8 Å². The van der Waals surface area contributed by atoms with Crippen molar-refractivity contribution in [2.24, 2.45) is 0 Å². The molecule has 0 N–H and O–H groups in total. The van der Waals surface area contributed by atoms with Crippen molar-refractivity contribution in [2.75, 3.05) is 0 Å². The summed E-state index contributed by atoms with van der Waals surface area (Å²) in [7, 11) is 0. The number of aromatic nitrogens is 5. The number of benzene rings is 2. The molecule has 7 aromatic rings. The Kier molecular flexibility index (Phi) is 10.1. The van der Waals surface area contributed by atoms with Gasteiger partial charge in [0.2, 0.25) is 0 Å². The normalized spacial score (nSPS) is 11.1. The number of hydrogen-bond donors (Lipinski definition) is 0. The zero-order chi connectivity index (χ0) is 34.2. The van der Waals surface area contributed by atoms with Crippen molar-refractivity contribution in [3.63, 3.8) is 0 Å². The number of hydrogen-bond acceptors (Lipinski definition) is 8. The molecule has 0 radical (unpaired) electrons. The third-order valence-corrected chi connectivity index (χ3v) is 8.36. The molecule has 49 heavy (non-hydrogen) atoms. The number of fused-ring (bicyclic) bond motifs is 2. The number of nitrogens with zero attached hydrogens (tertiary/aromatic N) is 7. The van der Waals surface area contributed by atoms with Gasteiger partial charge < -0.3 is 4.57 Å². The van der Waals surface area contributed by atoms with Crippen LogP contribution in [0.25, 0.3) is 44.9 Å². The van der Waals surface area contributed by atoms with Crippen LogP contribution in [0.3, 0.4) is 0 Å². The Labute approximate surface area is 294 Å². The van der Waals surface area contributed by atoms with E-state index in [9.17, 15) is 20.2 Å². The first-order valence-electron chi connectivity index (χ1n) is 14.9. The summed E-state index contributed by atoms with van der Waals surface area (Å²) in [6.07, 6.45) is 19.4. The first-order chi connectivity index (χ1) is 23.9. The van der Waals surface area contributed by atoms with Gasteiger partial charge in [0.1, 0.15) is 0 Å². The lowest BCUT2D eigenvalue weighted by Gasteiger charge is -2.10. The maximum absolute atomic E-state index is 11.4. The largest absolute Gasteiger partial charge is 0.316 e. The van der Waals surface area contributed by atoms with Crippen LogP contribution >= 0.6 is 22.6 Å². The summed E-state index contributed by atoms with van der Waals surface area (Å²) in [6, 6.07) is 24.8. The van der Waals surface area contributed by atoms with Crippen LogP contribution in [0.15, 0.2) is 141 Å². The zero-order valence-corrected chi connectivity index (χ0v) is 27.9. The molecule has 2 aromatic carbocycles. The fraction of sp³-hybridized carbons (Fsp3) is 0.0270. The quantitative estimate of drug-likeness (QED) is 0.0962. The second-order valence-corrected chi connectivity index (χ2v) is 11.8. The van der Waals surface area contributed by atoms with Crippen LogP contribution in [0.5, 0.6) is 0 Å². The number of pyridine rings is 4. The number of para-hydroxylation sites is 1. The van der Waals surface area contributed by atoms with E-state index in [1.54, 1.807) is 24.8 Å². The molecule has 0 bridgehead atoms. The Morgan fingerprint density at radius 1 is 0.633 bits per heavy atom. The first kappa shape index (κ1) is 32.8. The summed E-state index contributed by atoms with van der Waals surface area (Å²) in [5, 5.41) is 23.3. The average Bonchev–Trinajstić information content (AvgIpc) is 3.81. The molecular formula is C37H26IN7O4. The molecule has 5 aromatic heterocycles. The molecule has 8 rings (SSSR count). The third kappa shape index (κ3) is 7.39. The molecule has 240 valence electrons. The van der Waals surface area contributed by atoms with Gasteiger partial charge in [-0.2, -0.15) is 0 Å². The molecule has 0 unspecified atom stereocenters. The predicted molar refractivity (Wildman–Crippen MR) is 197 cm³/mol. The van der Waals surface area contributed by atoms with E-state index in [0.717, 1.165) is 39.7 Å². The van der Waals surface area contributed by atoms with Crippen LogP contribution in [0.2, 0.25) is 0 Å². The van der Waals surface area contributed by atoms with E-state index in [2.05, 4.69) is 54.7 Å². The summed E-state index contributed by atoms with van der Waals surface area (Å²) in [4.78, 5) is 38.0. The van der Waals surface area contributed by atoms with E-state index in [4.69, 9.17) is 0 Å². The average molecular weight is 760 g/mol. The number of nitro groups is 2. The maximum Gasteiger partial charge on any atom is 0.280 e. The number of allylic oxidation sites excluding steroid dienone is 1. The summed E-state index contributed by atoms with van der Waals surface area (Å²) in [5.41, 5.74) is 6.46. The monoisotopic (exact) mass is 759 g/mol. The minimum atomic E-state index is -0.397.